The van der Waals surface area contributed by atoms with E-state index in [1.165, 1.54) is 0 Å². The van der Waals surface area contributed by atoms with Crippen molar-refractivity contribution in [3.63, 3.8) is 0 Å². The highest BCUT2D eigenvalue weighted by Crippen LogP contribution is 2.29. The Bertz CT molecular complexity index is 1540. The van der Waals surface area contributed by atoms with E-state index in [4.69, 9.17) is 14.5 Å². The Kier molecular flexibility index (Phi) is 6.28. The maximum absolute atomic E-state index is 13.3. The van der Waals surface area contributed by atoms with Gasteiger partial charge in [-0.1, -0.05) is 48.5 Å². The van der Waals surface area contributed by atoms with Crippen molar-refractivity contribution >= 4 is 22.8 Å². The molecule has 0 unspecified atom stereocenters. The molecule has 5 aromatic rings. The van der Waals surface area contributed by atoms with Gasteiger partial charge in [0, 0.05) is 11.1 Å². The van der Waals surface area contributed by atoms with E-state index in [-0.39, 0.29) is 12.4 Å². The van der Waals surface area contributed by atoms with Crippen LogP contribution in [0.2, 0.25) is 0 Å². The van der Waals surface area contributed by atoms with Crippen molar-refractivity contribution in [2.75, 3.05) is 13.7 Å². The minimum absolute atomic E-state index is 0.307. The number of carbonyl (C=O) groups is 2. The van der Waals surface area contributed by atoms with E-state index < -0.39 is 5.97 Å². The Labute approximate surface area is 207 Å². The predicted octanol–water partition coefficient (Wildman–Crippen LogP) is 5.44. The first kappa shape index (κ1) is 23.0. The average molecular weight is 478 g/mol. The molecule has 5 rings (SSSR count). The largest absolute Gasteiger partial charge is 0.497 e. The van der Waals surface area contributed by atoms with Crippen LogP contribution < -0.4 is 4.74 Å². The van der Waals surface area contributed by atoms with Gasteiger partial charge in [-0.15, -0.1) is 0 Å². The van der Waals surface area contributed by atoms with E-state index in [1.807, 2.05) is 67.6 Å². The summed E-state index contributed by atoms with van der Waals surface area (Å²) < 4.78 is 12.3. The van der Waals surface area contributed by atoms with Crippen molar-refractivity contribution in [3.8, 4) is 22.7 Å². The van der Waals surface area contributed by atoms with Crippen LogP contribution in [0.25, 0.3) is 28.0 Å². The molecule has 0 aliphatic heterocycles. The van der Waals surface area contributed by atoms with Crippen LogP contribution in [0.1, 0.15) is 26.4 Å². The Hall–Kier alpha value is -4.78. The Morgan fingerprint density at radius 3 is 2.22 bits per heavy atom. The number of aryl methyl sites for hydroxylation is 1. The summed E-state index contributed by atoms with van der Waals surface area (Å²) in [5, 5.41) is 5.25. The van der Waals surface area contributed by atoms with Gasteiger partial charge in [-0.2, -0.15) is 5.10 Å². The number of carbonyl (C=O) groups excluding carboxylic acids is 2. The van der Waals surface area contributed by atoms with Gasteiger partial charge >= 0.3 is 5.97 Å². The average Bonchev–Trinajstić information content (AvgIpc) is 3.28. The number of methoxy groups -OCH3 is 1. The van der Waals surface area contributed by atoms with E-state index in [1.54, 1.807) is 42.1 Å². The molecule has 3 aromatic carbocycles. The summed E-state index contributed by atoms with van der Waals surface area (Å²) in [5.74, 6) is -0.282. The number of pyridine rings is 1. The second kappa shape index (κ2) is 9.84. The van der Waals surface area contributed by atoms with E-state index in [0.29, 0.717) is 39.3 Å². The van der Waals surface area contributed by atoms with Crippen LogP contribution >= 0.6 is 0 Å². The second-order valence-electron chi connectivity index (χ2n) is 8.18. The molecule has 0 fully saturated rings. The fraction of sp³-hybridized carbons (Fsp3) is 0.103. The van der Waals surface area contributed by atoms with Crippen molar-refractivity contribution in [1.82, 2.24) is 14.8 Å². The molecule has 0 bridgehead atoms. The molecule has 0 saturated heterocycles. The minimum Gasteiger partial charge on any atom is -0.497 e. The van der Waals surface area contributed by atoms with Gasteiger partial charge in [0.1, 0.15) is 5.75 Å². The lowest BCUT2D eigenvalue weighted by Gasteiger charge is -2.10. The summed E-state index contributed by atoms with van der Waals surface area (Å²) in [6.07, 6.45) is 0. The standard InChI is InChI=1S/C29H23N3O4/c1-19-27-24(29(34)36-18-26(33)21-13-15-23(35-2)16-14-21)17-25(20-9-5-3-6-10-20)30-28(27)32(31-19)22-11-7-4-8-12-22/h3-17H,18H2,1-2H3. The smallest absolute Gasteiger partial charge is 0.339 e. The summed E-state index contributed by atoms with van der Waals surface area (Å²) in [7, 11) is 1.56. The highest BCUT2D eigenvalue weighted by molar-refractivity contribution is 6.06. The van der Waals surface area contributed by atoms with Crippen molar-refractivity contribution in [2.45, 2.75) is 6.92 Å². The van der Waals surface area contributed by atoms with E-state index in [0.717, 1.165) is 11.3 Å². The molecule has 0 N–H and O–H groups in total. The molecule has 0 saturated carbocycles. The van der Waals surface area contributed by atoms with Gasteiger partial charge in [0.25, 0.3) is 0 Å². The summed E-state index contributed by atoms with van der Waals surface area (Å²) in [5.41, 5.74) is 4.18. The molecule has 36 heavy (non-hydrogen) atoms. The number of ether oxygens (including phenoxy) is 2. The number of ketones is 1. The topological polar surface area (TPSA) is 83.3 Å². The number of benzene rings is 3. The maximum atomic E-state index is 13.3. The highest BCUT2D eigenvalue weighted by atomic mass is 16.5. The number of fused-ring (bicyclic) bond motifs is 1. The third-order valence-electron chi connectivity index (χ3n) is 5.85. The Morgan fingerprint density at radius 2 is 1.56 bits per heavy atom. The normalized spacial score (nSPS) is 10.8. The number of hydrogen-bond donors (Lipinski definition) is 0. The van der Waals surface area contributed by atoms with Gasteiger partial charge in [-0.3, -0.25) is 4.79 Å². The molecule has 2 heterocycles. The van der Waals surface area contributed by atoms with Crippen LogP contribution in [-0.4, -0.2) is 40.2 Å². The van der Waals surface area contributed by atoms with Crippen molar-refractivity contribution in [2.24, 2.45) is 0 Å². The predicted molar refractivity (Wildman–Crippen MR) is 137 cm³/mol. The van der Waals surface area contributed by atoms with Gasteiger partial charge in [0.2, 0.25) is 0 Å². The van der Waals surface area contributed by atoms with Crippen molar-refractivity contribution < 1.29 is 19.1 Å². The van der Waals surface area contributed by atoms with E-state index >= 15 is 0 Å². The van der Waals surface area contributed by atoms with Crippen LogP contribution in [0, 0.1) is 6.92 Å². The first-order chi connectivity index (χ1) is 17.5. The first-order valence-electron chi connectivity index (χ1n) is 11.4. The number of nitrogens with zero attached hydrogens (tertiary/aromatic N) is 3. The zero-order valence-corrected chi connectivity index (χ0v) is 19.8. The monoisotopic (exact) mass is 477 g/mol. The molecule has 7 heteroatoms. The van der Waals surface area contributed by atoms with Crippen LogP contribution in [0.4, 0.5) is 0 Å². The van der Waals surface area contributed by atoms with Gasteiger partial charge in [-0.25, -0.2) is 14.5 Å². The number of rotatable bonds is 7. The summed E-state index contributed by atoms with van der Waals surface area (Å²) in [4.78, 5) is 30.8. The molecule has 0 atom stereocenters. The quantitative estimate of drug-likeness (QED) is 0.229. The lowest BCUT2D eigenvalue weighted by Crippen LogP contribution is -2.15. The molecule has 178 valence electrons. The highest BCUT2D eigenvalue weighted by Gasteiger charge is 2.22. The van der Waals surface area contributed by atoms with Crippen LogP contribution in [0.5, 0.6) is 5.75 Å². The zero-order chi connectivity index (χ0) is 25.1. The third kappa shape index (κ3) is 4.46. The molecule has 2 aromatic heterocycles. The van der Waals surface area contributed by atoms with Gasteiger partial charge in [0.05, 0.1) is 35.1 Å². The Balaban J connectivity index is 1.54. The zero-order valence-electron chi connectivity index (χ0n) is 19.8. The molecule has 0 aliphatic rings. The minimum atomic E-state index is -0.614. The molecule has 7 nitrogen and oxygen atoms in total. The number of esters is 1. The molecule has 0 spiro atoms. The van der Waals surface area contributed by atoms with Crippen molar-refractivity contribution in [1.29, 1.82) is 0 Å². The fourth-order valence-corrected chi connectivity index (χ4v) is 4.03. The summed E-state index contributed by atoms with van der Waals surface area (Å²) in [6.45, 7) is 1.44. The van der Waals surface area contributed by atoms with Crippen molar-refractivity contribution in [3.05, 3.63) is 108 Å². The van der Waals surface area contributed by atoms with Gasteiger partial charge < -0.3 is 9.47 Å². The number of hydrogen-bond acceptors (Lipinski definition) is 6. The van der Waals surface area contributed by atoms with Gasteiger partial charge in [0.15, 0.2) is 18.0 Å². The van der Waals surface area contributed by atoms with E-state index in [9.17, 15) is 9.59 Å². The van der Waals surface area contributed by atoms with Crippen LogP contribution in [0.3, 0.4) is 0 Å². The van der Waals surface area contributed by atoms with Gasteiger partial charge in [-0.05, 0) is 49.4 Å². The van der Waals surface area contributed by atoms with E-state index in [2.05, 4.69) is 5.10 Å². The molecule has 0 radical (unpaired) electrons. The van der Waals surface area contributed by atoms with Crippen LogP contribution in [-0.2, 0) is 4.74 Å². The fourth-order valence-electron chi connectivity index (χ4n) is 4.03. The molecular formula is C29H23N3O4. The SMILES string of the molecule is COc1ccc(C(=O)COC(=O)c2cc(-c3ccccc3)nc3c2c(C)nn3-c2ccccc2)cc1. The lowest BCUT2D eigenvalue weighted by atomic mass is 10.1. The third-order valence-corrected chi connectivity index (χ3v) is 5.85. The molecule has 0 aliphatic carbocycles. The number of Topliss-reactive ketones (excluding diaryl/α,β-unsaturated/α-hetero) is 1. The lowest BCUT2D eigenvalue weighted by molar-refractivity contribution is 0.0476. The summed E-state index contributed by atoms with van der Waals surface area (Å²) in [6, 6.07) is 27.5. The molecular weight excluding hydrogens is 454 g/mol. The summed E-state index contributed by atoms with van der Waals surface area (Å²) >= 11 is 0. The maximum Gasteiger partial charge on any atom is 0.339 e. The second-order valence-corrected chi connectivity index (χ2v) is 8.18. The first-order valence-corrected chi connectivity index (χ1v) is 11.4. The number of para-hydroxylation sites is 1. The molecule has 0 amide bonds. The van der Waals surface area contributed by atoms with Crippen LogP contribution in [0.15, 0.2) is 91.0 Å². The Morgan fingerprint density at radius 1 is 0.889 bits per heavy atom. The number of aromatic nitrogens is 3.